The molecule has 0 spiro atoms. The first kappa shape index (κ1) is 13.7. The zero-order valence-electron chi connectivity index (χ0n) is 11.3. The second-order valence-corrected chi connectivity index (χ2v) is 5.26. The summed E-state index contributed by atoms with van der Waals surface area (Å²) in [4.78, 5) is 11.8. The van der Waals surface area contributed by atoms with Crippen molar-refractivity contribution >= 4 is 5.91 Å². The fraction of sp³-hybridized carbons (Fsp3) is 0.600. The second kappa shape index (κ2) is 6.42. The van der Waals surface area contributed by atoms with E-state index in [1.807, 2.05) is 19.1 Å². The highest BCUT2D eigenvalue weighted by Crippen LogP contribution is 2.23. The van der Waals surface area contributed by atoms with Crippen LogP contribution in [0, 0.1) is 24.2 Å². The standard InChI is InChI=1S/C15H20N2O2/c1-11-2-7-14(19-11)8-9-15(18)17-13-5-3-12(10-16)4-6-13/h2,7,12-13H,3-6,8-9H2,1H3,(H,17,18). The average molecular weight is 260 g/mol. The normalized spacial score (nSPS) is 22.7. The van der Waals surface area contributed by atoms with E-state index in [2.05, 4.69) is 11.4 Å². The number of amides is 1. The number of nitriles is 1. The van der Waals surface area contributed by atoms with Crippen LogP contribution in [0.2, 0.25) is 0 Å². The Balaban J connectivity index is 1.69. The molecule has 0 unspecified atom stereocenters. The van der Waals surface area contributed by atoms with Crippen molar-refractivity contribution in [3.05, 3.63) is 23.7 Å². The maximum Gasteiger partial charge on any atom is 0.220 e. The third-order valence-electron chi connectivity index (χ3n) is 3.67. The molecule has 19 heavy (non-hydrogen) atoms. The van der Waals surface area contributed by atoms with E-state index in [0.717, 1.165) is 37.2 Å². The predicted molar refractivity (Wildman–Crippen MR) is 71.3 cm³/mol. The molecule has 0 aliphatic heterocycles. The van der Waals surface area contributed by atoms with Gasteiger partial charge in [-0.25, -0.2) is 0 Å². The smallest absolute Gasteiger partial charge is 0.220 e. The van der Waals surface area contributed by atoms with Gasteiger partial charge in [-0.2, -0.15) is 5.26 Å². The minimum absolute atomic E-state index is 0.0782. The molecule has 1 fully saturated rings. The molecule has 1 N–H and O–H groups in total. The summed E-state index contributed by atoms with van der Waals surface area (Å²) in [5.41, 5.74) is 0. The van der Waals surface area contributed by atoms with E-state index in [0.29, 0.717) is 12.8 Å². The van der Waals surface area contributed by atoms with Crippen molar-refractivity contribution in [1.82, 2.24) is 5.32 Å². The van der Waals surface area contributed by atoms with Gasteiger partial charge in [0.05, 0.1) is 6.07 Å². The molecule has 1 aromatic heterocycles. The van der Waals surface area contributed by atoms with Crippen LogP contribution < -0.4 is 5.32 Å². The summed E-state index contributed by atoms with van der Waals surface area (Å²) >= 11 is 0. The fourth-order valence-corrected chi connectivity index (χ4v) is 2.52. The first-order valence-corrected chi connectivity index (χ1v) is 6.91. The number of rotatable bonds is 4. The molecular weight excluding hydrogens is 240 g/mol. The predicted octanol–water partition coefficient (Wildman–Crippen LogP) is 2.72. The summed E-state index contributed by atoms with van der Waals surface area (Å²) < 4.78 is 5.44. The van der Waals surface area contributed by atoms with E-state index in [-0.39, 0.29) is 17.9 Å². The number of nitrogens with zero attached hydrogens (tertiary/aromatic N) is 1. The number of hydrogen-bond donors (Lipinski definition) is 1. The van der Waals surface area contributed by atoms with Gasteiger partial charge >= 0.3 is 0 Å². The summed E-state index contributed by atoms with van der Waals surface area (Å²) in [6, 6.07) is 6.38. The van der Waals surface area contributed by atoms with E-state index >= 15 is 0 Å². The van der Waals surface area contributed by atoms with Crippen LogP contribution in [-0.4, -0.2) is 11.9 Å². The second-order valence-electron chi connectivity index (χ2n) is 5.26. The number of aryl methyl sites for hydroxylation is 2. The lowest BCUT2D eigenvalue weighted by Crippen LogP contribution is -2.37. The van der Waals surface area contributed by atoms with Crippen molar-refractivity contribution in [1.29, 1.82) is 5.26 Å². The lowest BCUT2D eigenvalue weighted by molar-refractivity contribution is -0.122. The van der Waals surface area contributed by atoms with Crippen molar-refractivity contribution in [2.45, 2.75) is 51.5 Å². The topological polar surface area (TPSA) is 66.0 Å². The quantitative estimate of drug-likeness (QED) is 0.905. The van der Waals surface area contributed by atoms with E-state index in [1.54, 1.807) is 0 Å². The number of hydrogen-bond acceptors (Lipinski definition) is 3. The zero-order chi connectivity index (χ0) is 13.7. The zero-order valence-corrected chi connectivity index (χ0v) is 11.3. The molecule has 1 amide bonds. The van der Waals surface area contributed by atoms with E-state index in [4.69, 9.17) is 9.68 Å². The summed E-state index contributed by atoms with van der Waals surface area (Å²) in [7, 11) is 0. The van der Waals surface area contributed by atoms with Crippen LogP contribution >= 0.6 is 0 Å². The minimum atomic E-state index is 0.0782. The van der Waals surface area contributed by atoms with Gasteiger partial charge in [0.15, 0.2) is 0 Å². The Labute approximate surface area is 113 Å². The van der Waals surface area contributed by atoms with Crippen molar-refractivity contribution in [2.24, 2.45) is 5.92 Å². The van der Waals surface area contributed by atoms with Crippen LogP contribution in [0.1, 0.15) is 43.6 Å². The SMILES string of the molecule is Cc1ccc(CCC(=O)NC2CCC(C#N)CC2)o1. The molecule has 1 aliphatic rings. The molecule has 0 saturated heterocycles. The van der Waals surface area contributed by atoms with Gasteiger partial charge in [-0.3, -0.25) is 4.79 Å². The Morgan fingerprint density at radius 3 is 2.74 bits per heavy atom. The highest BCUT2D eigenvalue weighted by atomic mass is 16.3. The minimum Gasteiger partial charge on any atom is -0.466 e. The number of carbonyl (C=O) groups is 1. The Morgan fingerprint density at radius 2 is 2.16 bits per heavy atom. The maximum absolute atomic E-state index is 11.8. The molecule has 102 valence electrons. The molecule has 0 bridgehead atoms. The molecule has 1 heterocycles. The lowest BCUT2D eigenvalue weighted by atomic mass is 9.87. The van der Waals surface area contributed by atoms with Gasteiger partial charge in [0, 0.05) is 24.8 Å². The molecule has 4 nitrogen and oxygen atoms in total. The molecule has 2 rings (SSSR count). The fourth-order valence-electron chi connectivity index (χ4n) is 2.52. The van der Waals surface area contributed by atoms with E-state index in [9.17, 15) is 4.79 Å². The van der Waals surface area contributed by atoms with Crippen molar-refractivity contribution in [3.8, 4) is 6.07 Å². The van der Waals surface area contributed by atoms with Gasteiger partial charge in [-0.05, 0) is 44.7 Å². The van der Waals surface area contributed by atoms with Crippen molar-refractivity contribution < 1.29 is 9.21 Å². The Hall–Kier alpha value is -1.76. The molecule has 1 saturated carbocycles. The van der Waals surface area contributed by atoms with Gasteiger partial charge in [0.25, 0.3) is 0 Å². The van der Waals surface area contributed by atoms with Gasteiger partial charge in [0.2, 0.25) is 5.91 Å². The number of furan rings is 1. The van der Waals surface area contributed by atoms with Crippen LogP contribution in [-0.2, 0) is 11.2 Å². The third kappa shape index (κ3) is 4.13. The highest BCUT2D eigenvalue weighted by Gasteiger charge is 2.21. The summed E-state index contributed by atoms with van der Waals surface area (Å²) in [6.07, 6.45) is 4.75. The average Bonchev–Trinajstić information content (AvgIpc) is 2.83. The monoisotopic (exact) mass is 260 g/mol. The molecular formula is C15H20N2O2. The van der Waals surface area contributed by atoms with Crippen molar-refractivity contribution in [3.63, 3.8) is 0 Å². The maximum atomic E-state index is 11.8. The van der Waals surface area contributed by atoms with Crippen LogP contribution in [0.15, 0.2) is 16.5 Å². The summed E-state index contributed by atoms with van der Waals surface area (Å²) in [5, 5.41) is 11.9. The Bertz CT molecular complexity index is 465. The van der Waals surface area contributed by atoms with Crippen molar-refractivity contribution in [2.75, 3.05) is 0 Å². The Morgan fingerprint density at radius 1 is 1.42 bits per heavy atom. The highest BCUT2D eigenvalue weighted by molar-refractivity contribution is 5.76. The van der Waals surface area contributed by atoms with Gasteiger partial charge in [-0.1, -0.05) is 0 Å². The molecule has 1 aliphatic carbocycles. The summed E-state index contributed by atoms with van der Waals surface area (Å²) in [5.74, 6) is 2.00. The molecule has 0 atom stereocenters. The molecule has 4 heteroatoms. The Kier molecular flexibility index (Phi) is 4.62. The van der Waals surface area contributed by atoms with Gasteiger partial charge in [0.1, 0.15) is 11.5 Å². The first-order valence-electron chi connectivity index (χ1n) is 6.91. The lowest BCUT2D eigenvalue weighted by Gasteiger charge is -2.25. The molecule has 1 aromatic rings. The van der Waals surface area contributed by atoms with Crippen LogP contribution in [0.4, 0.5) is 0 Å². The summed E-state index contributed by atoms with van der Waals surface area (Å²) in [6.45, 7) is 1.90. The number of nitrogens with one attached hydrogen (secondary N) is 1. The molecule has 0 aromatic carbocycles. The van der Waals surface area contributed by atoms with Crippen LogP contribution in [0.3, 0.4) is 0 Å². The van der Waals surface area contributed by atoms with Crippen LogP contribution in [0.5, 0.6) is 0 Å². The number of carbonyl (C=O) groups excluding carboxylic acids is 1. The van der Waals surface area contributed by atoms with E-state index < -0.39 is 0 Å². The molecule has 0 radical (unpaired) electrons. The third-order valence-corrected chi connectivity index (χ3v) is 3.67. The van der Waals surface area contributed by atoms with Crippen LogP contribution in [0.25, 0.3) is 0 Å². The first-order chi connectivity index (χ1) is 9.17. The van der Waals surface area contributed by atoms with Gasteiger partial charge in [-0.15, -0.1) is 0 Å². The van der Waals surface area contributed by atoms with E-state index in [1.165, 1.54) is 0 Å². The van der Waals surface area contributed by atoms with Gasteiger partial charge < -0.3 is 9.73 Å². The largest absolute Gasteiger partial charge is 0.466 e.